The maximum atomic E-state index is 13.0. The van der Waals surface area contributed by atoms with Gasteiger partial charge in [0.25, 0.3) is 0 Å². The van der Waals surface area contributed by atoms with E-state index in [-0.39, 0.29) is 29.1 Å². The van der Waals surface area contributed by atoms with Gasteiger partial charge in [-0.25, -0.2) is 0 Å². The van der Waals surface area contributed by atoms with Gasteiger partial charge in [-0.15, -0.1) is 11.8 Å². The Kier molecular flexibility index (Phi) is 5.10. The first kappa shape index (κ1) is 18.7. The number of hydrogen-bond acceptors (Lipinski definition) is 4. The van der Waals surface area contributed by atoms with Gasteiger partial charge in [-0.1, -0.05) is 12.1 Å². The number of nitrogens with one attached hydrogen (secondary N) is 2. The predicted octanol–water partition coefficient (Wildman–Crippen LogP) is 3.15. The van der Waals surface area contributed by atoms with Crippen LogP contribution in [0.15, 0.2) is 29.2 Å². The summed E-state index contributed by atoms with van der Waals surface area (Å²) in [6.45, 7) is 1.91. The zero-order valence-corrected chi connectivity index (χ0v) is 16.7. The predicted molar refractivity (Wildman–Crippen MR) is 108 cm³/mol. The lowest BCUT2D eigenvalue weighted by Gasteiger charge is -2.57. The Labute approximate surface area is 165 Å². The van der Waals surface area contributed by atoms with Crippen LogP contribution in [0.4, 0.5) is 5.69 Å². The van der Waals surface area contributed by atoms with E-state index < -0.39 is 0 Å². The Hall–Kier alpha value is -1.69. The number of carbonyl (C=O) groups excluding carboxylic acids is 2. The molecule has 5 rings (SSSR count). The minimum absolute atomic E-state index is 0.0298. The van der Waals surface area contributed by atoms with Crippen LogP contribution in [0.5, 0.6) is 0 Å². The summed E-state index contributed by atoms with van der Waals surface area (Å²) in [5, 5.41) is 6.76. The average molecular weight is 388 g/mol. The van der Waals surface area contributed by atoms with Crippen LogP contribution in [-0.2, 0) is 9.59 Å². The first-order valence-electron chi connectivity index (χ1n) is 10.0. The second-order valence-corrected chi connectivity index (χ2v) is 9.82. The van der Waals surface area contributed by atoms with Gasteiger partial charge in [0, 0.05) is 16.1 Å². The molecule has 4 N–H and O–H groups in total. The third-order valence-electron chi connectivity index (χ3n) is 6.45. The smallest absolute Gasteiger partial charge is 0.242 e. The molecule has 0 aromatic heterocycles. The number of para-hydroxylation sites is 1. The van der Waals surface area contributed by atoms with Crippen LogP contribution in [0.2, 0.25) is 0 Å². The van der Waals surface area contributed by atoms with Crippen molar-refractivity contribution in [2.75, 3.05) is 11.1 Å². The molecule has 2 amide bonds. The Morgan fingerprint density at radius 3 is 2.33 bits per heavy atom. The van der Waals surface area contributed by atoms with E-state index >= 15 is 0 Å². The first-order valence-corrected chi connectivity index (χ1v) is 11.0. The van der Waals surface area contributed by atoms with Crippen molar-refractivity contribution in [3.63, 3.8) is 0 Å². The Balaban J connectivity index is 1.40. The summed E-state index contributed by atoms with van der Waals surface area (Å²) >= 11 is 1.40. The summed E-state index contributed by atoms with van der Waals surface area (Å²) < 4.78 is 0. The highest BCUT2D eigenvalue weighted by molar-refractivity contribution is 8.00. The lowest BCUT2D eigenvalue weighted by Crippen LogP contribution is -2.61. The van der Waals surface area contributed by atoms with Crippen LogP contribution in [0.25, 0.3) is 0 Å². The fourth-order valence-electron chi connectivity index (χ4n) is 5.79. The number of amides is 2. The van der Waals surface area contributed by atoms with E-state index in [4.69, 9.17) is 5.73 Å². The summed E-state index contributed by atoms with van der Waals surface area (Å²) in [5.74, 6) is 2.39. The molecule has 1 atom stereocenters. The van der Waals surface area contributed by atoms with E-state index in [1.807, 2.05) is 31.2 Å². The van der Waals surface area contributed by atoms with Crippen LogP contribution < -0.4 is 16.4 Å². The van der Waals surface area contributed by atoms with E-state index in [2.05, 4.69) is 10.6 Å². The summed E-state index contributed by atoms with van der Waals surface area (Å²) in [4.78, 5) is 25.0. The molecule has 4 aliphatic rings. The monoisotopic (exact) mass is 387 g/mol. The molecule has 0 radical (unpaired) electrons. The molecule has 27 heavy (non-hydrogen) atoms. The number of nitrogens with two attached hydrogens (primary N) is 1. The topological polar surface area (TPSA) is 84.2 Å². The van der Waals surface area contributed by atoms with Crippen LogP contribution in [-0.4, -0.2) is 29.1 Å². The Morgan fingerprint density at radius 2 is 1.74 bits per heavy atom. The molecule has 6 heteroatoms. The van der Waals surface area contributed by atoms with Crippen LogP contribution in [0, 0.1) is 17.8 Å². The number of primary amides is 1. The highest BCUT2D eigenvalue weighted by Crippen LogP contribution is 2.55. The minimum Gasteiger partial charge on any atom is -0.373 e. The van der Waals surface area contributed by atoms with Crippen LogP contribution in [0.1, 0.15) is 45.4 Å². The van der Waals surface area contributed by atoms with Gasteiger partial charge in [-0.05, 0) is 75.3 Å². The standard InChI is InChI=1S/C21H29N3O2S/c1-13(23-17-4-2-3-5-18(17)27-12-19(22)25)20(26)24-21-9-14-6-15(10-21)8-16(7-14)11-21/h2-5,13-16,23H,6-12H2,1H3,(H2,22,25)(H,24,26)/t13-,14?,15?,16?,21?/m1/s1. The molecule has 5 nitrogen and oxygen atoms in total. The van der Waals surface area contributed by atoms with Gasteiger partial charge in [-0.3, -0.25) is 9.59 Å². The molecule has 0 saturated heterocycles. The number of thioether (sulfide) groups is 1. The molecule has 0 aliphatic heterocycles. The molecule has 4 saturated carbocycles. The zero-order valence-electron chi connectivity index (χ0n) is 15.9. The number of anilines is 1. The van der Waals surface area contributed by atoms with Crippen LogP contribution in [0.3, 0.4) is 0 Å². The second kappa shape index (κ2) is 7.38. The normalized spacial score (nSPS) is 32.1. The Morgan fingerprint density at radius 1 is 1.15 bits per heavy atom. The van der Waals surface area contributed by atoms with Crippen LogP contribution >= 0.6 is 11.8 Å². The number of benzene rings is 1. The highest BCUT2D eigenvalue weighted by Gasteiger charge is 2.51. The van der Waals surface area contributed by atoms with E-state index in [1.165, 1.54) is 31.0 Å². The molecule has 0 unspecified atom stereocenters. The van der Waals surface area contributed by atoms with Gasteiger partial charge in [0.05, 0.1) is 5.75 Å². The number of rotatable bonds is 7. The van der Waals surface area contributed by atoms with Crippen molar-refractivity contribution < 1.29 is 9.59 Å². The number of hydrogen-bond donors (Lipinski definition) is 3. The lowest BCUT2D eigenvalue weighted by atomic mass is 9.53. The van der Waals surface area contributed by atoms with E-state index in [9.17, 15) is 9.59 Å². The molecular formula is C21H29N3O2S. The summed E-state index contributed by atoms with van der Waals surface area (Å²) in [7, 11) is 0. The lowest BCUT2D eigenvalue weighted by molar-refractivity contribution is -0.127. The van der Waals surface area contributed by atoms with Crippen molar-refractivity contribution in [1.29, 1.82) is 0 Å². The molecule has 4 bridgehead atoms. The van der Waals surface area contributed by atoms with Gasteiger partial charge >= 0.3 is 0 Å². The third-order valence-corrected chi connectivity index (χ3v) is 7.54. The zero-order chi connectivity index (χ0) is 19.0. The van der Waals surface area contributed by atoms with Gasteiger partial charge < -0.3 is 16.4 Å². The quantitative estimate of drug-likeness (QED) is 0.628. The fourth-order valence-corrected chi connectivity index (χ4v) is 6.55. The number of carbonyl (C=O) groups is 2. The molecule has 4 aliphatic carbocycles. The molecule has 146 valence electrons. The van der Waals surface area contributed by atoms with E-state index in [0.29, 0.717) is 0 Å². The van der Waals surface area contributed by atoms with Crippen molar-refractivity contribution in [3.05, 3.63) is 24.3 Å². The minimum atomic E-state index is -0.345. The Bertz CT molecular complexity index is 701. The maximum absolute atomic E-state index is 13.0. The third kappa shape index (κ3) is 4.10. The van der Waals surface area contributed by atoms with E-state index in [0.717, 1.165) is 47.6 Å². The summed E-state index contributed by atoms with van der Waals surface area (Å²) in [5.41, 5.74) is 6.16. The van der Waals surface area contributed by atoms with Crippen molar-refractivity contribution in [2.24, 2.45) is 23.5 Å². The first-order chi connectivity index (χ1) is 12.9. The average Bonchev–Trinajstić information content (AvgIpc) is 2.59. The molecule has 4 fully saturated rings. The molecule has 1 aromatic carbocycles. The fraction of sp³-hybridized carbons (Fsp3) is 0.619. The molecule has 0 spiro atoms. The van der Waals surface area contributed by atoms with Gasteiger partial charge in [0.15, 0.2) is 0 Å². The van der Waals surface area contributed by atoms with Crippen molar-refractivity contribution >= 4 is 29.3 Å². The largest absolute Gasteiger partial charge is 0.373 e. The highest BCUT2D eigenvalue weighted by atomic mass is 32.2. The van der Waals surface area contributed by atoms with Crippen molar-refractivity contribution in [2.45, 2.75) is 61.9 Å². The summed E-state index contributed by atoms with van der Waals surface area (Å²) in [6.07, 6.45) is 7.57. The SMILES string of the molecule is C[C@@H](Nc1ccccc1SCC(N)=O)C(=O)NC12CC3CC(CC(C3)C1)C2. The molecular weight excluding hydrogens is 358 g/mol. The van der Waals surface area contributed by atoms with Gasteiger partial charge in [0.2, 0.25) is 11.8 Å². The maximum Gasteiger partial charge on any atom is 0.242 e. The summed E-state index contributed by atoms with van der Waals surface area (Å²) in [6, 6.07) is 7.42. The molecule has 0 heterocycles. The van der Waals surface area contributed by atoms with E-state index in [1.54, 1.807) is 0 Å². The van der Waals surface area contributed by atoms with Gasteiger partial charge in [-0.2, -0.15) is 0 Å². The van der Waals surface area contributed by atoms with Crippen molar-refractivity contribution in [1.82, 2.24) is 5.32 Å². The van der Waals surface area contributed by atoms with Crippen molar-refractivity contribution in [3.8, 4) is 0 Å². The van der Waals surface area contributed by atoms with Gasteiger partial charge in [0.1, 0.15) is 6.04 Å². The molecule has 1 aromatic rings. The second-order valence-electron chi connectivity index (χ2n) is 8.80.